The van der Waals surface area contributed by atoms with Gasteiger partial charge in [-0.15, -0.1) is 0 Å². The highest BCUT2D eigenvalue weighted by Crippen LogP contribution is 2.26. The Kier molecular flexibility index (Phi) is 6.08. The van der Waals surface area contributed by atoms with Crippen molar-refractivity contribution in [2.24, 2.45) is 0 Å². The van der Waals surface area contributed by atoms with Gasteiger partial charge >= 0.3 is 0 Å². The van der Waals surface area contributed by atoms with Crippen LogP contribution < -0.4 is 4.74 Å². The summed E-state index contributed by atoms with van der Waals surface area (Å²) < 4.78 is 18.0. The second-order valence-electron chi connectivity index (χ2n) is 6.49. The van der Waals surface area contributed by atoms with Crippen LogP contribution >= 0.6 is 0 Å². The number of halogens is 1. The Balaban J connectivity index is 1.51. The molecule has 3 rings (SSSR count). The Labute approximate surface area is 158 Å². The van der Waals surface area contributed by atoms with E-state index in [0.29, 0.717) is 18.8 Å². The molecule has 0 saturated carbocycles. The molecule has 2 aromatic carbocycles. The number of carbonyl (C=O) groups is 1. The van der Waals surface area contributed by atoms with Crippen LogP contribution in [0.3, 0.4) is 0 Å². The summed E-state index contributed by atoms with van der Waals surface area (Å²) in [6.07, 6.45) is 3.26. The predicted molar refractivity (Wildman–Crippen MR) is 102 cm³/mol. The number of amides is 1. The first-order valence-corrected chi connectivity index (χ1v) is 8.86. The Hall–Kier alpha value is -2.86. The number of nitrogens with zero attached hydrogens (tertiary/aromatic N) is 2. The van der Waals surface area contributed by atoms with Gasteiger partial charge in [0, 0.05) is 38.8 Å². The molecule has 0 aromatic heterocycles. The van der Waals surface area contributed by atoms with Crippen LogP contribution in [0.2, 0.25) is 0 Å². The molecule has 0 radical (unpaired) electrons. The number of hydrogen-bond donors (Lipinski definition) is 1. The van der Waals surface area contributed by atoms with Crippen LogP contribution in [-0.2, 0) is 11.3 Å². The maximum Gasteiger partial charge on any atom is 0.246 e. The smallest absolute Gasteiger partial charge is 0.246 e. The highest BCUT2D eigenvalue weighted by atomic mass is 19.1. The number of phenolic OH excluding ortho intramolecular Hbond substituents is 1. The molecule has 142 valence electrons. The van der Waals surface area contributed by atoms with Gasteiger partial charge in [0.05, 0.1) is 7.11 Å². The average molecular weight is 370 g/mol. The van der Waals surface area contributed by atoms with Gasteiger partial charge < -0.3 is 14.7 Å². The van der Waals surface area contributed by atoms with E-state index in [4.69, 9.17) is 4.74 Å². The molecule has 1 N–H and O–H groups in total. The number of rotatable bonds is 5. The first kappa shape index (κ1) is 18.9. The highest BCUT2D eigenvalue weighted by Gasteiger charge is 2.19. The number of ether oxygens (including phenoxy) is 1. The largest absolute Gasteiger partial charge is 0.504 e. The number of carbonyl (C=O) groups excluding carboxylic acids is 1. The van der Waals surface area contributed by atoms with Gasteiger partial charge in [0.15, 0.2) is 11.5 Å². The Morgan fingerprint density at radius 2 is 1.85 bits per heavy atom. The summed E-state index contributed by atoms with van der Waals surface area (Å²) >= 11 is 0. The van der Waals surface area contributed by atoms with Crippen molar-refractivity contribution in [1.82, 2.24) is 9.80 Å². The van der Waals surface area contributed by atoms with Crippen molar-refractivity contribution in [1.29, 1.82) is 0 Å². The Morgan fingerprint density at radius 1 is 1.15 bits per heavy atom. The summed E-state index contributed by atoms with van der Waals surface area (Å²) in [5.74, 6) is 0.174. The molecule has 27 heavy (non-hydrogen) atoms. The summed E-state index contributed by atoms with van der Waals surface area (Å²) in [6, 6.07) is 11.5. The zero-order chi connectivity index (χ0) is 19.2. The van der Waals surface area contributed by atoms with Gasteiger partial charge in [-0.25, -0.2) is 4.39 Å². The molecule has 0 spiro atoms. The van der Waals surface area contributed by atoms with E-state index in [0.717, 1.165) is 30.8 Å². The van der Waals surface area contributed by atoms with E-state index < -0.39 is 0 Å². The van der Waals surface area contributed by atoms with Crippen LogP contribution in [0, 0.1) is 5.82 Å². The van der Waals surface area contributed by atoms with Crippen molar-refractivity contribution in [3.63, 3.8) is 0 Å². The fourth-order valence-corrected chi connectivity index (χ4v) is 3.05. The van der Waals surface area contributed by atoms with Gasteiger partial charge in [0.1, 0.15) is 5.82 Å². The zero-order valence-corrected chi connectivity index (χ0v) is 15.3. The lowest BCUT2D eigenvalue weighted by Crippen LogP contribution is -2.47. The molecule has 1 fully saturated rings. The SMILES string of the molecule is COc1cc(/C=C/C(=O)N2CCN(Cc3ccc(F)cc3)CC2)ccc1O. The molecule has 0 aliphatic carbocycles. The highest BCUT2D eigenvalue weighted by molar-refractivity contribution is 5.92. The van der Waals surface area contributed by atoms with Gasteiger partial charge in [0.2, 0.25) is 5.91 Å². The van der Waals surface area contributed by atoms with Crippen LogP contribution in [0.25, 0.3) is 6.08 Å². The van der Waals surface area contributed by atoms with E-state index in [9.17, 15) is 14.3 Å². The lowest BCUT2D eigenvalue weighted by Gasteiger charge is -2.34. The van der Waals surface area contributed by atoms with Crippen LogP contribution in [0.5, 0.6) is 11.5 Å². The molecular weight excluding hydrogens is 347 g/mol. The second-order valence-corrected chi connectivity index (χ2v) is 6.49. The third-order valence-corrected chi connectivity index (χ3v) is 4.63. The minimum absolute atomic E-state index is 0.0384. The number of aromatic hydroxyl groups is 1. The van der Waals surface area contributed by atoms with Gasteiger partial charge in [-0.05, 0) is 41.5 Å². The molecular formula is C21H23FN2O3. The summed E-state index contributed by atoms with van der Waals surface area (Å²) in [5.41, 5.74) is 1.85. The lowest BCUT2D eigenvalue weighted by atomic mass is 10.1. The van der Waals surface area contributed by atoms with Crippen molar-refractivity contribution >= 4 is 12.0 Å². The number of benzene rings is 2. The molecule has 1 heterocycles. The fourth-order valence-electron chi connectivity index (χ4n) is 3.05. The Bertz CT molecular complexity index is 813. The summed E-state index contributed by atoms with van der Waals surface area (Å²) in [4.78, 5) is 16.5. The van der Waals surface area contributed by atoms with E-state index in [1.165, 1.54) is 25.3 Å². The monoisotopic (exact) mass is 370 g/mol. The fraction of sp³-hybridized carbons (Fsp3) is 0.286. The van der Waals surface area contributed by atoms with Gasteiger partial charge in [-0.2, -0.15) is 0 Å². The summed E-state index contributed by atoms with van der Waals surface area (Å²) in [7, 11) is 1.49. The van der Waals surface area contributed by atoms with Gasteiger partial charge in [0.25, 0.3) is 0 Å². The zero-order valence-electron chi connectivity index (χ0n) is 15.3. The third kappa shape index (κ3) is 5.08. The van der Waals surface area contributed by atoms with Crippen molar-refractivity contribution < 1.29 is 19.0 Å². The number of methoxy groups -OCH3 is 1. The number of hydrogen-bond acceptors (Lipinski definition) is 4. The molecule has 0 unspecified atom stereocenters. The quantitative estimate of drug-likeness (QED) is 0.823. The van der Waals surface area contributed by atoms with Crippen LogP contribution in [0.4, 0.5) is 4.39 Å². The molecule has 5 nitrogen and oxygen atoms in total. The third-order valence-electron chi connectivity index (χ3n) is 4.63. The number of piperazine rings is 1. The van der Waals surface area contributed by atoms with E-state index in [1.54, 1.807) is 36.4 Å². The Morgan fingerprint density at radius 3 is 2.52 bits per heavy atom. The maximum absolute atomic E-state index is 13.0. The normalized spacial score (nSPS) is 15.3. The minimum Gasteiger partial charge on any atom is -0.504 e. The van der Waals surface area contributed by atoms with Gasteiger partial charge in [-0.1, -0.05) is 18.2 Å². The maximum atomic E-state index is 13.0. The van der Waals surface area contributed by atoms with Crippen LogP contribution in [0.1, 0.15) is 11.1 Å². The molecule has 2 aromatic rings. The first-order chi connectivity index (χ1) is 13.0. The van der Waals surface area contributed by atoms with Crippen molar-refractivity contribution in [3.8, 4) is 11.5 Å². The summed E-state index contributed by atoms with van der Waals surface area (Å²) in [6.45, 7) is 3.63. The van der Waals surface area contributed by atoms with E-state index in [2.05, 4.69) is 4.90 Å². The topological polar surface area (TPSA) is 53.0 Å². The molecule has 0 atom stereocenters. The van der Waals surface area contributed by atoms with Crippen molar-refractivity contribution in [3.05, 3.63) is 65.5 Å². The van der Waals surface area contributed by atoms with E-state index in [1.807, 2.05) is 4.90 Å². The number of phenols is 1. The molecule has 1 aliphatic rings. The van der Waals surface area contributed by atoms with E-state index >= 15 is 0 Å². The minimum atomic E-state index is -0.229. The molecule has 1 amide bonds. The molecule has 6 heteroatoms. The van der Waals surface area contributed by atoms with E-state index in [-0.39, 0.29) is 17.5 Å². The van der Waals surface area contributed by atoms with Crippen LogP contribution in [-0.4, -0.2) is 54.1 Å². The standard InChI is InChI=1S/C21H23FN2O3/c1-27-20-14-16(4-8-19(20)25)5-9-21(26)24-12-10-23(11-13-24)15-17-2-6-18(22)7-3-17/h2-9,14,25H,10-13,15H2,1H3/b9-5+. The van der Waals surface area contributed by atoms with Crippen molar-refractivity contribution in [2.75, 3.05) is 33.3 Å². The molecule has 0 bridgehead atoms. The first-order valence-electron chi connectivity index (χ1n) is 8.86. The second kappa shape index (κ2) is 8.68. The average Bonchev–Trinajstić information content (AvgIpc) is 2.69. The molecule has 1 aliphatic heterocycles. The molecule has 1 saturated heterocycles. The van der Waals surface area contributed by atoms with Gasteiger partial charge in [-0.3, -0.25) is 9.69 Å². The van der Waals surface area contributed by atoms with Crippen LogP contribution in [0.15, 0.2) is 48.5 Å². The summed E-state index contributed by atoms with van der Waals surface area (Å²) in [5, 5.41) is 9.61. The van der Waals surface area contributed by atoms with Crippen molar-refractivity contribution in [2.45, 2.75) is 6.54 Å². The lowest BCUT2D eigenvalue weighted by molar-refractivity contribution is -0.127. The predicted octanol–water partition coefficient (Wildman–Crippen LogP) is 2.90.